The van der Waals surface area contributed by atoms with E-state index in [9.17, 15) is 9.18 Å². The van der Waals surface area contributed by atoms with Gasteiger partial charge in [-0.25, -0.2) is 4.39 Å². The van der Waals surface area contributed by atoms with E-state index in [-0.39, 0.29) is 12.1 Å². The number of nitrogens with one attached hydrogen (secondary N) is 1. The molecule has 0 saturated carbocycles. The molecular formula is C21H18FN5O2. The summed E-state index contributed by atoms with van der Waals surface area (Å²) in [6.07, 6.45) is 1.79. The molecule has 0 aliphatic heterocycles. The Balaban J connectivity index is 1.72. The Kier molecular flexibility index (Phi) is 4.82. The Morgan fingerprint density at radius 1 is 1.17 bits per heavy atom. The monoisotopic (exact) mass is 391 g/mol. The fourth-order valence-electron chi connectivity index (χ4n) is 3.16. The predicted octanol–water partition coefficient (Wildman–Crippen LogP) is 3.32. The fourth-order valence-corrected chi connectivity index (χ4v) is 3.16. The maximum Gasteiger partial charge on any atom is 0.232 e. The van der Waals surface area contributed by atoms with Crippen molar-refractivity contribution in [2.75, 3.05) is 12.4 Å². The van der Waals surface area contributed by atoms with E-state index >= 15 is 0 Å². The van der Waals surface area contributed by atoms with Gasteiger partial charge in [-0.15, -0.1) is 10.2 Å². The summed E-state index contributed by atoms with van der Waals surface area (Å²) >= 11 is 0. The van der Waals surface area contributed by atoms with Crippen molar-refractivity contribution in [2.45, 2.75) is 6.42 Å². The van der Waals surface area contributed by atoms with Crippen molar-refractivity contribution in [1.82, 2.24) is 14.6 Å². The molecule has 0 fully saturated rings. The molecule has 0 radical (unpaired) electrons. The van der Waals surface area contributed by atoms with Gasteiger partial charge in [-0.3, -0.25) is 9.20 Å². The first kappa shape index (κ1) is 18.4. The maximum atomic E-state index is 14.5. The van der Waals surface area contributed by atoms with E-state index in [0.717, 1.165) is 11.1 Å². The number of rotatable bonds is 6. The van der Waals surface area contributed by atoms with Gasteiger partial charge in [0.1, 0.15) is 17.3 Å². The van der Waals surface area contributed by atoms with Crippen molar-refractivity contribution >= 4 is 23.1 Å². The lowest BCUT2D eigenvalue weighted by atomic mass is 10.1. The minimum absolute atomic E-state index is 0.0214. The van der Waals surface area contributed by atoms with Crippen molar-refractivity contribution in [1.29, 1.82) is 0 Å². The van der Waals surface area contributed by atoms with Gasteiger partial charge in [0.2, 0.25) is 11.9 Å². The van der Waals surface area contributed by atoms with Crippen molar-refractivity contribution in [3.63, 3.8) is 0 Å². The minimum atomic E-state index is -0.517. The number of hydrogen-bond donors (Lipinski definition) is 2. The summed E-state index contributed by atoms with van der Waals surface area (Å²) < 4.78 is 21.7. The number of methoxy groups -OCH3 is 1. The van der Waals surface area contributed by atoms with Gasteiger partial charge in [-0.05, 0) is 42.0 Å². The first-order valence-electron chi connectivity index (χ1n) is 8.87. The number of carbonyl (C=O) groups is 1. The highest BCUT2D eigenvalue weighted by Crippen LogP contribution is 2.32. The van der Waals surface area contributed by atoms with Crippen LogP contribution in [-0.4, -0.2) is 27.6 Å². The number of hydrogen-bond acceptors (Lipinski definition) is 5. The van der Waals surface area contributed by atoms with Crippen molar-refractivity contribution < 1.29 is 13.9 Å². The van der Waals surface area contributed by atoms with Crippen molar-refractivity contribution in [2.24, 2.45) is 5.73 Å². The van der Waals surface area contributed by atoms with Crippen LogP contribution in [0.3, 0.4) is 0 Å². The fraction of sp³-hybridized carbons (Fsp3) is 0.0952. The van der Waals surface area contributed by atoms with E-state index in [1.165, 1.54) is 6.07 Å². The Bertz CT molecular complexity index is 1200. The van der Waals surface area contributed by atoms with Crippen molar-refractivity contribution in [3.05, 3.63) is 72.2 Å². The molecule has 0 atom stereocenters. The summed E-state index contributed by atoms with van der Waals surface area (Å²) in [7, 11) is 1.60. The Morgan fingerprint density at radius 2 is 2.00 bits per heavy atom. The molecular weight excluding hydrogens is 373 g/mol. The smallest absolute Gasteiger partial charge is 0.232 e. The van der Waals surface area contributed by atoms with Crippen LogP contribution in [0.1, 0.15) is 5.56 Å². The zero-order valence-corrected chi connectivity index (χ0v) is 15.6. The topological polar surface area (TPSA) is 94.5 Å². The van der Waals surface area contributed by atoms with Gasteiger partial charge in [0.25, 0.3) is 0 Å². The number of benzene rings is 2. The quantitative estimate of drug-likeness (QED) is 0.526. The molecule has 0 spiro atoms. The van der Waals surface area contributed by atoms with Crippen LogP contribution in [0.5, 0.6) is 5.75 Å². The second-order valence-corrected chi connectivity index (χ2v) is 6.42. The average Bonchev–Trinajstić information content (AvgIpc) is 3.20. The number of carbonyl (C=O) groups excluding carboxylic acids is 1. The van der Waals surface area contributed by atoms with Crippen LogP contribution < -0.4 is 15.8 Å². The molecule has 7 nitrogen and oxygen atoms in total. The number of fused-ring (bicyclic) bond motifs is 1. The molecule has 1 amide bonds. The third-order valence-electron chi connectivity index (χ3n) is 4.48. The van der Waals surface area contributed by atoms with Gasteiger partial charge in [0.15, 0.2) is 0 Å². The molecule has 2 aromatic heterocycles. The third kappa shape index (κ3) is 3.60. The molecule has 0 aliphatic rings. The first-order valence-corrected chi connectivity index (χ1v) is 8.87. The van der Waals surface area contributed by atoms with Gasteiger partial charge < -0.3 is 15.8 Å². The summed E-state index contributed by atoms with van der Waals surface area (Å²) in [5.41, 5.74) is 8.12. The van der Waals surface area contributed by atoms with Gasteiger partial charge >= 0.3 is 0 Å². The van der Waals surface area contributed by atoms with E-state index in [0.29, 0.717) is 23.0 Å². The molecule has 4 aromatic rings. The first-order chi connectivity index (χ1) is 14.1. The van der Waals surface area contributed by atoms with E-state index in [1.54, 1.807) is 23.6 Å². The van der Waals surface area contributed by atoms with Crippen LogP contribution >= 0.6 is 0 Å². The lowest BCUT2D eigenvalue weighted by molar-refractivity contribution is -0.117. The highest BCUT2D eigenvalue weighted by atomic mass is 19.1. The molecule has 8 heteroatoms. The summed E-state index contributed by atoms with van der Waals surface area (Å²) in [4.78, 5) is 11.0. The van der Waals surface area contributed by atoms with Gasteiger partial charge in [0, 0.05) is 11.8 Å². The molecule has 2 aromatic carbocycles. The highest BCUT2D eigenvalue weighted by Gasteiger charge is 2.15. The molecule has 0 saturated heterocycles. The standard InChI is InChI=1S/C21H18FN5O2/c1-29-18-7-3-2-5-14(18)20-17-6-4-10-27(17)21(26-25-20)24-16-9-8-13(11-15(16)22)12-19(23)28/h2-11H,12H2,1H3,(H2,23,28)(H,24,26). The number of nitrogens with two attached hydrogens (primary N) is 1. The third-order valence-corrected chi connectivity index (χ3v) is 4.48. The Labute approximate surface area is 165 Å². The molecule has 146 valence electrons. The minimum Gasteiger partial charge on any atom is -0.496 e. The Hall–Kier alpha value is -3.94. The number of anilines is 2. The second-order valence-electron chi connectivity index (χ2n) is 6.42. The van der Waals surface area contributed by atoms with Gasteiger partial charge in [0.05, 0.1) is 24.7 Å². The van der Waals surface area contributed by atoms with Crippen LogP contribution in [0, 0.1) is 5.82 Å². The summed E-state index contributed by atoms with van der Waals surface area (Å²) in [6, 6.07) is 15.7. The molecule has 4 rings (SSSR count). The number of halogens is 1. The summed E-state index contributed by atoms with van der Waals surface area (Å²) in [6.45, 7) is 0. The average molecular weight is 391 g/mol. The van der Waals surface area contributed by atoms with E-state index in [4.69, 9.17) is 10.5 Å². The molecule has 3 N–H and O–H groups in total. The largest absolute Gasteiger partial charge is 0.496 e. The lowest BCUT2D eigenvalue weighted by Crippen LogP contribution is -2.14. The number of amides is 1. The molecule has 29 heavy (non-hydrogen) atoms. The Morgan fingerprint density at radius 3 is 2.76 bits per heavy atom. The molecule has 0 unspecified atom stereocenters. The van der Waals surface area contributed by atoms with Crippen LogP contribution in [-0.2, 0) is 11.2 Å². The maximum absolute atomic E-state index is 14.5. The summed E-state index contributed by atoms with van der Waals surface area (Å²) in [5.74, 6) is 0.00325. The van der Waals surface area contributed by atoms with Gasteiger partial charge in [-0.1, -0.05) is 18.2 Å². The van der Waals surface area contributed by atoms with E-state index in [1.807, 2.05) is 42.6 Å². The summed E-state index contributed by atoms with van der Waals surface area (Å²) in [5, 5.41) is 11.5. The molecule has 2 heterocycles. The van der Waals surface area contributed by atoms with E-state index in [2.05, 4.69) is 15.5 Å². The zero-order valence-electron chi connectivity index (χ0n) is 15.6. The normalized spacial score (nSPS) is 10.8. The SMILES string of the molecule is COc1ccccc1-c1nnc(Nc2ccc(CC(N)=O)cc2F)n2cccc12. The van der Waals surface area contributed by atoms with Crippen LogP contribution in [0.2, 0.25) is 0 Å². The number of para-hydroxylation sites is 1. The predicted molar refractivity (Wildman–Crippen MR) is 108 cm³/mol. The van der Waals surface area contributed by atoms with Crippen LogP contribution in [0.15, 0.2) is 60.8 Å². The van der Waals surface area contributed by atoms with Gasteiger partial charge in [-0.2, -0.15) is 0 Å². The van der Waals surface area contributed by atoms with Crippen LogP contribution in [0.4, 0.5) is 16.0 Å². The number of aromatic nitrogens is 3. The van der Waals surface area contributed by atoms with Crippen LogP contribution in [0.25, 0.3) is 16.8 Å². The van der Waals surface area contributed by atoms with E-state index < -0.39 is 11.7 Å². The zero-order chi connectivity index (χ0) is 20.4. The lowest BCUT2D eigenvalue weighted by Gasteiger charge is -2.13. The molecule has 0 bridgehead atoms. The number of primary amides is 1. The number of ether oxygens (including phenoxy) is 1. The molecule has 0 aliphatic carbocycles. The second kappa shape index (κ2) is 7.59. The number of nitrogens with zero attached hydrogens (tertiary/aromatic N) is 3. The highest BCUT2D eigenvalue weighted by molar-refractivity contribution is 5.81. The van der Waals surface area contributed by atoms with Crippen molar-refractivity contribution in [3.8, 4) is 17.0 Å².